The van der Waals surface area contributed by atoms with Gasteiger partial charge in [0.1, 0.15) is 0 Å². The van der Waals surface area contributed by atoms with E-state index < -0.39 is 0 Å². The highest BCUT2D eigenvalue weighted by Crippen LogP contribution is 2.46. The van der Waals surface area contributed by atoms with Gasteiger partial charge in [-0.15, -0.1) is 0 Å². The number of β-amino-alcohol motifs (C(OH)–C–C–N with tert-alkyl or cyclic N) is 1. The molecule has 2 fully saturated rings. The van der Waals surface area contributed by atoms with E-state index in [-0.39, 0.29) is 6.10 Å². The number of likely N-dealkylation sites (tertiary alicyclic amines) is 1. The van der Waals surface area contributed by atoms with Crippen molar-refractivity contribution in [2.75, 3.05) is 30.5 Å². The lowest BCUT2D eigenvalue weighted by molar-refractivity contribution is 0.0370. The van der Waals surface area contributed by atoms with Gasteiger partial charge in [-0.05, 0) is 80.1 Å². The summed E-state index contributed by atoms with van der Waals surface area (Å²) in [7, 11) is 0. The third-order valence-corrected chi connectivity index (χ3v) is 8.20. The van der Waals surface area contributed by atoms with E-state index in [2.05, 4.69) is 45.6 Å². The van der Waals surface area contributed by atoms with Crippen molar-refractivity contribution in [2.24, 2.45) is 11.8 Å². The average molecular weight is 397 g/mol. The van der Waals surface area contributed by atoms with Crippen LogP contribution in [0.2, 0.25) is 0 Å². The van der Waals surface area contributed by atoms with Crippen LogP contribution in [0.3, 0.4) is 0 Å². The second-order valence-corrected chi connectivity index (χ2v) is 10.1. The van der Waals surface area contributed by atoms with Crippen molar-refractivity contribution in [1.29, 1.82) is 0 Å². The highest BCUT2D eigenvalue weighted by atomic mass is 32.2. The van der Waals surface area contributed by atoms with Crippen LogP contribution in [0.25, 0.3) is 10.8 Å². The van der Waals surface area contributed by atoms with Crippen LogP contribution in [0.15, 0.2) is 41.3 Å². The SMILES string of the molecule is O[C@@H](CN1CCC(CN2Sc3cccc4cccc2c34)CC1)C1CCCCC1. The van der Waals surface area contributed by atoms with Crippen molar-refractivity contribution in [3.63, 3.8) is 0 Å². The largest absolute Gasteiger partial charge is 0.392 e. The maximum atomic E-state index is 10.7. The standard InChI is InChI=1S/C24H32N2OS/c27-22(19-6-2-1-3-7-19)17-25-14-12-18(13-15-25)16-26-21-10-4-8-20-9-5-11-23(28-26)24(20)21/h4-5,8-11,18-19,22,27H,1-3,6-7,12-17H2/t22-/m0/s1. The maximum Gasteiger partial charge on any atom is 0.0695 e. The second kappa shape index (κ2) is 8.25. The molecule has 2 aliphatic heterocycles. The van der Waals surface area contributed by atoms with E-state index in [1.165, 1.54) is 66.3 Å². The zero-order chi connectivity index (χ0) is 18.9. The van der Waals surface area contributed by atoms with Gasteiger partial charge < -0.3 is 14.3 Å². The predicted octanol–water partition coefficient (Wildman–Crippen LogP) is 5.32. The molecule has 0 bridgehead atoms. The number of nitrogens with zero attached hydrogens (tertiary/aromatic N) is 2. The summed E-state index contributed by atoms with van der Waals surface area (Å²) in [4.78, 5) is 3.92. The van der Waals surface area contributed by atoms with Crippen LogP contribution in [0.1, 0.15) is 44.9 Å². The van der Waals surface area contributed by atoms with Crippen molar-refractivity contribution >= 4 is 28.4 Å². The second-order valence-electron chi connectivity index (χ2n) is 8.99. The van der Waals surface area contributed by atoms with Crippen molar-refractivity contribution < 1.29 is 5.11 Å². The molecule has 0 amide bonds. The summed E-state index contributed by atoms with van der Waals surface area (Å²) in [5.41, 5.74) is 1.40. The molecule has 0 aromatic heterocycles. The van der Waals surface area contributed by atoms with Gasteiger partial charge in [0.05, 0.1) is 11.8 Å². The Kier molecular flexibility index (Phi) is 5.53. The molecule has 4 heteroatoms. The van der Waals surface area contributed by atoms with E-state index in [4.69, 9.17) is 0 Å². The quantitative estimate of drug-likeness (QED) is 0.692. The van der Waals surface area contributed by atoms with Crippen LogP contribution in [-0.2, 0) is 0 Å². The molecule has 2 heterocycles. The Morgan fingerprint density at radius 2 is 1.71 bits per heavy atom. The number of hydrogen-bond acceptors (Lipinski definition) is 4. The Morgan fingerprint density at radius 3 is 2.50 bits per heavy atom. The summed E-state index contributed by atoms with van der Waals surface area (Å²) in [6.07, 6.45) is 8.84. The zero-order valence-corrected chi connectivity index (χ0v) is 17.5. The van der Waals surface area contributed by atoms with E-state index >= 15 is 0 Å². The topological polar surface area (TPSA) is 26.7 Å². The highest BCUT2D eigenvalue weighted by Gasteiger charge is 2.29. The molecule has 2 aromatic carbocycles. The Morgan fingerprint density at radius 1 is 0.964 bits per heavy atom. The van der Waals surface area contributed by atoms with E-state index in [0.29, 0.717) is 5.92 Å². The smallest absolute Gasteiger partial charge is 0.0695 e. The van der Waals surface area contributed by atoms with E-state index in [1.807, 2.05) is 11.9 Å². The lowest BCUT2D eigenvalue weighted by Crippen LogP contribution is -2.43. The Hall–Kier alpha value is -1.23. The Labute approximate surface area is 173 Å². The van der Waals surface area contributed by atoms with Crippen LogP contribution >= 0.6 is 11.9 Å². The molecule has 1 atom stereocenters. The fourth-order valence-corrected chi connectivity index (χ4v) is 6.62. The normalized spacial score (nSPS) is 22.8. The molecule has 0 spiro atoms. The minimum Gasteiger partial charge on any atom is -0.392 e. The molecular weight excluding hydrogens is 364 g/mol. The maximum absolute atomic E-state index is 10.7. The fraction of sp³-hybridized carbons (Fsp3) is 0.583. The summed E-state index contributed by atoms with van der Waals surface area (Å²) in [6, 6.07) is 13.3. The van der Waals surface area contributed by atoms with Gasteiger partial charge in [-0.2, -0.15) is 0 Å². The lowest BCUT2D eigenvalue weighted by atomic mass is 9.85. The van der Waals surface area contributed by atoms with Crippen LogP contribution in [-0.4, -0.2) is 42.3 Å². The first-order valence-corrected chi connectivity index (χ1v) is 11.9. The van der Waals surface area contributed by atoms with Crippen molar-refractivity contribution in [3.05, 3.63) is 36.4 Å². The predicted molar refractivity (Wildman–Crippen MR) is 119 cm³/mol. The zero-order valence-electron chi connectivity index (χ0n) is 16.7. The molecule has 1 saturated carbocycles. The van der Waals surface area contributed by atoms with Gasteiger partial charge in [0, 0.05) is 23.4 Å². The first-order chi connectivity index (χ1) is 13.8. The van der Waals surface area contributed by atoms with Gasteiger partial charge in [0.25, 0.3) is 0 Å². The molecule has 150 valence electrons. The number of aliphatic hydroxyl groups is 1. The number of aliphatic hydroxyl groups excluding tert-OH is 1. The number of anilines is 1. The molecule has 0 unspecified atom stereocenters. The third kappa shape index (κ3) is 3.79. The minimum atomic E-state index is -0.113. The summed E-state index contributed by atoms with van der Waals surface area (Å²) in [6.45, 7) is 4.31. The number of rotatable bonds is 5. The number of benzene rings is 2. The summed E-state index contributed by atoms with van der Waals surface area (Å²) >= 11 is 1.92. The third-order valence-electron chi connectivity index (χ3n) is 7.09. The molecule has 3 nitrogen and oxygen atoms in total. The number of piperidine rings is 1. The molecule has 2 aromatic rings. The van der Waals surface area contributed by atoms with Crippen LogP contribution in [0.5, 0.6) is 0 Å². The Bertz CT molecular complexity index is 806. The van der Waals surface area contributed by atoms with Gasteiger partial charge in [-0.25, -0.2) is 0 Å². The molecule has 3 aliphatic rings. The lowest BCUT2D eigenvalue weighted by Gasteiger charge is -2.37. The minimum absolute atomic E-state index is 0.113. The summed E-state index contributed by atoms with van der Waals surface area (Å²) in [5, 5.41) is 13.4. The molecule has 0 radical (unpaired) electrons. The first-order valence-electron chi connectivity index (χ1n) is 11.2. The average Bonchev–Trinajstić information content (AvgIpc) is 3.10. The van der Waals surface area contributed by atoms with E-state index in [1.54, 1.807) is 0 Å². The monoisotopic (exact) mass is 396 g/mol. The van der Waals surface area contributed by atoms with Crippen molar-refractivity contribution in [2.45, 2.75) is 55.9 Å². The van der Waals surface area contributed by atoms with Crippen LogP contribution < -0.4 is 4.31 Å². The molecule has 1 N–H and O–H groups in total. The molecular formula is C24H32N2OS. The first kappa shape index (κ1) is 18.8. The number of hydrogen-bond donors (Lipinski definition) is 1. The van der Waals surface area contributed by atoms with Gasteiger partial charge in [0.2, 0.25) is 0 Å². The van der Waals surface area contributed by atoms with Gasteiger partial charge in [0.15, 0.2) is 0 Å². The summed E-state index contributed by atoms with van der Waals surface area (Å²) < 4.78 is 2.52. The Balaban J connectivity index is 1.15. The van der Waals surface area contributed by atoms with Crippen LogP contribution in [0.4, 0.5) is 5.69 Å². The molecule has 1 saturated heterocycles. The van der Waals surface area contributed by atoms with Gasteiger partial charge >= 0.3 is 0 Å². The van der Waals surface area contributed by atoms with Crippen molar-refractivity contribution in [1.82, 2.24) is 4.90 Å². The van der Waals surface area contributed by atoms with E-state index in [0.717, 1.165) is 32.1 Å². The van der Waals surface area contributed by atoms with Gasteiger partial charge in [-0.1, -0.05) is 43.5 Å². The van der Waals surface area contributed by atoms with Gasteiger partial charge in [-0.3, -0.25) is 0 Å². The fourth-order valence-electron chi connectivity index (χ4n) is 5.39. The summed E-state index contributed by atoms with van der Waals surface area (Å²) in [5.74, 6) is 1.30. The molecule has 1 aliphatic carbocycles. The van der Waals surface area contributed by atoms with Crippen LogP contribution in [0, 0.1) is 11.8 Å². The van der Waals surface area contributed by atoms with Crippen molar-refractivity contribution in [3.8, 4) is 0 Å². The highest BCUT2D eigenvalue weighted by molar-refractivity contribution is 8.01. The molecule has 5 rings (SSSR count). The van der Waals surface area contributed by atoms with E-state index in [9.17, 15) is 5.11 Å². The molecule has 28 heavy (non-hydrogen) atoms.